The van der Waals surface area contributed by atoms with Gasteiger partial charge in [0.1, 0.15) is 12.1 Å². The predicted molar refractivity (Wildman–Crippen MR) is 88.4 cm³/mol. The lowest BCUT2D eigenvalue weighted by molar-refractivity contribution is 0.413. The van der Waals surface area contributed by atoms with Gasteiger partial charge in [0.25, 0.3) is 0 Å². The van der Waals surface area contributed by atoms with Crippen LogP contribution in [0.5, 0.6) is 5.75 Å². The highest BCUT2D eigenvalue weighted by atomic mass is 16.3. The number of phenols is 1. The molecule has 5 nitrogen and oxygen atoms in total. The van der Waals surface area contributed by atoms with Crippen molar-refractivity contribution >= 4 is 5.95 Å². The fraction of sp³-hybridized carbons (Fsp3) is 0.222. The summed E-state index contributed by atoms with van der Waals surface area (Å²) in [6.07, 6.45) is 2.37. The number of aromatic nitrogens is 3. The molecule has 0 amide bonds. The van der Waals surface area contributed by atoms with Crippen molar-refractivity contribution < 1.29 is 5.11 Å². The van der Waals surface area contributed by atoms with Gasteiger partial charge in [-0.2, -0.15) is 10.1 Å². The minimum absolute atomic E-state index is 0.00296. The number of nitrogens with zero attached hydrogens (tertiary/aromatic N) is 3. The number of rotatable bonds is 2. The highest BCUT2D eigenvalue weighted by Crippen LogP contribution is 2.39. The van der Waals surface area contributed by atoms with Crippen molar-refractivity contribution in [1.29, 1.82) is 0 Å². The molecule has 0 radical (unpaired) electrons. The number of benzene rings is 2. The highest BCUT2D eigenvalue weighted by Gasteiger charge is 2.30. The van der Waals surface area contributed by atoms with Crippen molar-refractivity contribution in [2.24, 2.45) is 0 Å². The molecule has 0 saturated heterocycles. The lowest BCUT2D eigenvalue weighted by atomic mass is 9.92. The van der Waals surface area contributed by atoms with Gasteiger partial charge in [-0.3, -0.25) is 0 Å². The van der Waals surface area contributed by atoms with E-state index in [0.29, 0.717) is 5.75 Å². The molecule has 0 fully saturated rings. The molecule has 23 heavy (non-hydrogen) atoms. The molecule has 0 spiro atoms. The van der Waals surface area contributed by atoms with Gasteiger partial charge >= 0.3 is 0 Å². The van der Waals surface area contributed by atoms with E-state index < -0.39 is 0 Å². The van der Waals surface area contributed by atoms with Crippen LogP contribution < -0.4 is 5.32 Å². The lowest BCUT2D eigenvalue weighted by Crippen LogP contribution is -2.28. The van der Waals surface area contributed by atoms with Crippen LogP contribution in [0.2, 0.25) is 0 Å². The first-order chi connectivity index (χ1) is 11.2. The molecule has 2 N–H and O–H groups in total. The SMILES string of the molecule is Cc1ccc(O)c([C@H]2C[C@@H](c3ccccc3)n3ncnc3N2)c1. The molecule has 1 aliphatic heterocycles. The molecular formula is C18H18N4O. The van der Waals surface area contributed by atoms with Crippen molar-refractivity contribution in [3.05, 3.63) is 71.5 Å². The third-order valence-electron chi connectivity index (χ3n) is 4.37. The van der Waals surface area contributed by atoms with Crippen LogP contribution >= 0.6 is 0 Å². The quantitative estimate of drug-likeness (QED) is 0.761. The average molecular weight is 306 g/mol. The summed E-state index contributed by atoms with van der Waals surface area (Å²) in [5, 5.41) is 18.0. The van der Waals surface area contributed by atoms with Crippen LogP contribution in [0, 0.1) is 6.92 Å². The Morgan fingerprint density at radius 1 is 1.17 bits per heavy atom. The molecule has 0 unspecified atom stereocenters. The van der Waals surface area contributed by atoms with E-state index in [1.165, 1.54) is 5.56 Å². The molecule has 0 bridgehead atoms. The second-order valence-corrected chi connectivity index (χ2v) is 5.95. The zero-order chi connectivity index (χ0) is 15.8. The molecule has 2 heterocycles. The van der Waals surface area contributed by atoms with E-state index in [1.54, 1.807) is 12.4 Å². The maximum Gasteiger partial charge on any atom is 0.222 e. The molecule has 2 aromatic carbocycles. The van der Waals surface area contributed by atoms with E-state index >= 15 is 0 Å². The minimum atomic E-state index is -0.00296. The summed E-state index contributed by atoms with van der Waals surface area (Å²) in [7, 11) is 0. The summed E-state index contributed by atoms with van der Waals surface area (Å²) in [6.45, 7) is 2.03. The van der Waals surface area contributed by atoms with E-state index in [2.05, 4.69) is 27.5 Å². The van der Waals surface area contributed by atoms with Gasteiger partial charge in [0, 0.05) is 5.56 Å². The fourth-order valence-electron chi connectivity index (χ4n) is 3.23. The molecule has 0 aliphatic carbocycles. The van der Waals surface area contributed by atoms with Crippen LogP contribution in [-0.2, 0) is 0 Å². The van der Waals surface area contributed by atoms with Crippen molar-refractivity contribution in [3.63, 3.8) is 0 Å². The van der Waals surface area contributed by atoms with Crippen LogP contribution in [0.3, 0.4) is 0 Å². The zero-order valence-corrected chi connectivity index (χ0v) is 12.8. The first-order valence-electron chi connectivity index (χ1n) is 7.73. The Balaban J connectivity index is 1.77. The number of aromatic hydroxyl groups is 1. The smallest absolute Gasteiger partial charge is 0.222 e. The topological polar surface area (TPSA) is 63.0 Å². The fourth-order valence-corrected chi connectivity index (χ4v) is 3.23. The summed E-state index contributed by atoms with van der Waals surface area (Å²) in [4.78, 5) is 4.32. The van der Waals surface area contributed by atoms with E-state index in [0.717, 1.165) is 23.5 Å². The summed E-state index contributed by atoms with van der Waals surface area (Å²) >= 11 is 0. The van der Waals surface area contributed by atoms with Crippen LogP contribution in [-0.4, -0.2) is 19.9 Å². The molecule has 5 heteroatoms. The lowest BCUT2D eigenvalue weighted by Gasteiger charge is -2.32. The molecule has 4 rings (SSSR count). The number of phenolic OH excluding ortho intramolecular Hbond substituents is 1. The Bertz CT molecular complexity index is 828. The largest absolute Gasteiger partial charge is 0.508 e. The van der Waals surface area contributed by atoms with Crippen LogP contribution in [0.4, 0.5) is 5.95 Å². The number of nitrogens with one attached hydrogen (secondary N) is 1. The Morgan fingerprint density at radius 3 is 2.83 bits per heavy atom. The predicted octanol–water partition coefficient (Wildman–Crippen LogP) is 3.44. The summed E-state index contributed by atoms with van der Waals surface area (Å²) in [5.41, 5.74) is 3.22. The number of aryl methyl sites for hydroxylation is 1. The minimum Gasteiger partial charge on any atom is -0.508 e. The van der Waals surface area contributed by atoms with Gasteiger partial charge in [-0.25, -0.2) is 4.68 Å². The van der Waals surface area contributed by atoms with E-state index in [9.17, 15) is 5.11 Å². The van der Waals surface area contributed by atoms with Crippen molar-refractivity contribution in [1.82, 2.24) is 14.8 Å². The molecule has 116 valence electrons. The van der Waals surface area contributed by atoms with E-state index in [4.69, 9.17) is 0 Å². The molecule has 1 aliphatic rings. The standard InChI is InChI=1S/C18H18N4O/c1-12-7-8-17(23)14(9-12)15-10-16(13-5-3-2-4-6-13)22-18(21-15)19-11-20-22/h2-9,11,15-16,23H,10H2,1H3,(H,19,20,21)/t15-,16+/m1/s1. The number of fused-ring (bicyclic) bond motifs is 1. The van der Waals surface area contributed by atoms with Gasteiger partial charge < -0.3 is 10.4 Å². The Hall–Kier alpha value is -2.82. The van der Waals surface area contributed by atoms with Crippen LogP contribution in [0.1, 0.15) is 35.2 Å². The summed E-state index contributed by atoms with van der Waals surface area (Å²) in [6, 6.07) is 16.1. The summed E-state index contributed by atoms with van der Waals surface area (Å²) in [5.74, 6) is 1.05. The second kappa shape index (κ2) is 5.43. The Morgan fingerprint density at radius 2 is 2.00 bits per heavy atom. The average Bonchev–Trinajstić information content (AvgIpc) is 3.05. The summed E-state index contributed by atoms with van der Waals surface area (Å²) < 4.78 is 1.92. The highest BCUT2D eigenvalue weighted by molar-refractivity contribution is 5.44. The monoisotopic (exact) mass is 306 g/mol. The Labute approximate surface area is 134 Å². The zero-order valence-electron chi connectivity index (χ0n) is 12.8. The van der Waals surface area contributed by atoms with Gasteiger partial charge in [0.15, 0.2) is 0 Å². The van der Waals surface area contributed by atoms with Crippen molar-refractivity contribution in [2.45, 2.75) is 25.4 Å². The Kier molecular flexibility index (Phi) is 3.26. The molecule has 3 aromatic rings. The van der Waals surface area contributed by atoms with Crippen molar-refractivity contribution in [3.8, 4) is 5.75 Å². The maximum atomic E-state index is 10.3. The molecular weight excluding hydrogens is 288 g/mol. The third kappa shape index (κ3) is 2.44. The third-order valence-corrected chi connectivity index (χ3v) is 4.37. The van der Waals surface area contributed by atoms with E-state index in [-0.39, 0.29) is 12.1 Å². The van der Waals surface area contributed by atoms with Gasteiger partial charge in [-0.1, -0.05) is 48.0 Å². The first-order valence-corrected chi connectivity index (χ1v) is 7.73. The number of anilines is 1. The second-order valence-electron chi connectivity index (χ2n) is 5.95. The molecule has 1 aromatic heterocycles. The maximum absolute atomic E-state index is 10.3. The van der Waals surface area contributed by atoms with Crippen molar-refractivity contribution in [2.75, 3.05) is 5.32 Å². The molecule has 2 atom stereocenters. The van der Waals surface area contributed by atoms with Crippen LogP contribution in [0.15, 0.2) is 54.9 Å². The van der Waals surface area contributed by atoms with Crippen LogP contribution in [0.25, 0.3) is 0 Å². The number of hydrogen-bond donors (Lipinski definition) is 2. The van der Waals surface area contributed by atoms with Gasteiger partial charge in [-0.15, -0.1) is 0 Å². The number of hydrogen-bond acceptors (Lipinski definition) is 4. The van der Waals surface area contributed by atoms with Gasteiger partial charge in [0.2, 0.25) is 5.95 Å². The molecule has 0 saturated carbocycles. The first kappa shape index (κ1) is 13.8. The van der Waals surface area contributed by atoms with Gasteiger partial charge in [0.05, 0.1) is 12.1 Å². The normalized spacial score (nSPS) is 19.9. The van der Waals surface area contributed by atoms with Gasteiger partial charge in [-0.05, 0) is 25.0 Å². The van der Waals surface area contributed by atoms with E-state index in [1.807, 2.05) is 41.9 Å².